The molecular weight excluding hydrogens is 222 g/mol. The van der Waals surface area contributed by atoms with Crippen LogP contribution in [0.1, 0.15) is 46.5 Å². The van der Waals surface area contributed by atoms with Crippen LogP contribution >= 0.6 is 0 Å². The van der Waals surface area contributed by atoms with Gasteiger partial charge in [-0.3, -0.25) is 0 Å². The molecule has 0 radical (unpaired) electrons. The number of terminal acetylenes is 1. The lowest BCUT2D eigenvalue weighted by Crippen LogP contribution is -2.45. The fraction of sp³-hybridized carbons (Fsp3) is 0.800. The lowest BCUT2D eigenvalue weighted by atomic mass is 9.80. The highest BCUT2D eigenvalue weighted by Gasteiger charge is 2.23. The van der Waals surface area contributed by atoms with Gasteiger partial charge in [0.15, 0.2) is 5.96 Å². The van der Waals surface area contributed by atoms with E-state index in [1.54, 1.807) is 0 Å². The molecule has 3 heteroatoms. The number of rotatable bonds is 4. The average Bonchev–Trinajstić information content (AvgIpc) is 2.37. The van der Waals surface area contributed by atoms with Gasteiger partial charge in [-0.05, 0) is 44.4 Å². The average molecular weight is 249 g/mol. The first kappa shape index (κ1) is 14.9. The molecule has 0 unspecified atom stereocenters. The zero-order valence-corrected chi connectivity index (χ0v) is 12.0. The summed E-state index contributed by atoms with van der Waals surface area (Å²) in [7, 11) is 0. The van der Waals surface area contributed by atoms with Gasteiger partial charge in [0.1, 0.15) is 6.54 Å². The fourth-order valence-corrected chi connectivity index (χ4v) is 2.57. The van der Waals surface area contributed by atoms with Gasteiger partial charge in [-0.25, -0.2) is 4.99 Å². The summed E-state index contributed by atoms with van der Waals surface area (Å²) in [5, 5.41) is 6.74. The van der Waals surface area contributed by atoms with Crippen molar-refractivity contribution in [2.75, 3.05) is 13.1 Å². The Labute approximate surface area is 112 Å². The Kier molecular flexibility index (Phi) is 6.64. The second kappa shape index (κ2) is 8.02. The topological polar surface area (TPSA) is 36.4 Å². The van der Waals surface area contributed by atoms with Crippen molar-refractivity contribution in [3.63, 3.8) is 0 Å². The molecule has 1 rings (SSSR count). The standard InChI is InChI=1S/C15H27N3/c1-5-11-17-15(16-6-2)18-14-9-7-13(8-10-14)12(3)4/h1,12-14H,6-11H2,2-4H3,(H2,16,17,18). The zero-order chi connectivity index (χ0) is 13.4. The SMILES string of the molecule is C#CCN=C(NCC)NC1CCC(C(C)C)CC1. The lowest BCUT2D eigenvalue weighted by molar-refractivity contribution is 0.250. The van der Waals surface area contributed by atoms with E-state index in [-0.39, 0.29) is 0 Å². The number of nitrogens with one attached hydrogen (secondary N) is 2. The van der Waals surface area contributed by atoms with E-state index in [9.17, 15) is 0 Å². The smallest absolute Gasteiger partial charge is 0.192 e. The highest BCUT2D eigenvalue weighted by molar-refractivity contribution is 5.80. The van der Waals surface area contributed by atoms with Crippen LogP contribution in [0.4, 0.5) is 0 Å². The molecule has 0 aromatic rings. The Bertz CT molecular complexity index is 293. The van der Waals surface area contributed by atoms with Crippen molar-refractivity contribution in [3.05, 3.63) is 0 Å². The van der Waals surface area contributed by atoms with E-state index in [4.69, 9.17) is 6.42 Å². The first-order chi connectivity index (χ1) is 8.67. The normalized spacial score (nSPS) is 24.7. The summed E-state index contributed by atoms with van der Waals surface area (Å²) >= 11 is 0. The van der Waals surface area contributed by atoms with Gasteiger partial charge in [-0.15, -0.1) is 6.42 Å². The van der Waals surface area contributed by atoms with Gasteiger partial charge in [0.25, 0.3) is 0 Å². The molecule has 0 atom stereocenters. The summed E-state index contributed by atoms with van der Waals surface area (Å²) in [4.78, 5) is 4.34. The second-order valence-corrected chi connectivity index (χ2v) is 5.40. The van der Waals surface area contributed by atoms with Crippen molar-refractivity contribution in [2.45, 2.75) is 52.5 Å². The maximum absolute atomic E-state index is 5.24. The summed E-state index contributed by atoms with van der Waals surface area (Å²) in [6.45, 7) is 8.05. The van der Waals surface area contributed by atoms with Gasteiger partial charge in [-0.2, -0.15) is 0 Å². The highest BCUT2D eigenvalue weighted by atomic mass is 15.2. The number of hydrogen-bond acceptors (Lipinski definition) is 1. The largest absolute Gasteiger partial charge is 0.357 e. The number of guanidine groups is 1. The molecule has 0 saturated heterocycles. The van der Waals surface area contributed by atoms with E-state index in [2.05, 4.69) is 42.3 Å². The van der Waals surface area contributed by atoms with Gasteiger partial charge in [-0.1, -0.05) is 19.8 Å². The van der Waals surface area contributed by atoms with Gasteiger partial charge in [0.2, 0.25) is 0 Å². The summed E-state index contributed by atoms with van der Waals surface area (Å²) in [5.74, 6) is 5.12. The minimum absolute atomic E-state index is 0.441. The van der Waals surface area contributed by atoms with E-state index in [0.29, 0.717) is 12.6 Å². The molecular formula is C15H27N3. The van der Waals surface area contributed by atoms with Crippen LogP contribution in [0.2, 0.25) is 0 Å². The molecule has 1 aliphatic carbocycles. The summed E-state index contributed by atoms with van der Waals surface area (Å²) in [6.07, 6.45) is 10.4. The Balaban J connectivity index is 2.40. The molecule has 3 nitrogen and oxygen atoms in total. The van der Waals surface area contributed by atoms with Crippen LogP contribution in [0, 0.1) is 24.2 Å². The lowest BCUT2D eigenvalue weighted by Gasteiger charge is -2.32. The molecule has 0 heterocycles. The van der Waals surface area contributed by atoms with Crippen LogP contribution in [-0.4, -0.2) is 25.1 Å². The van der Waals surface area contributed by atoms with Crippen LogP contribution in [0.3, 0.4) is 0 Å². The molecule has 0 spiro atoms. The Morgan fingerprint density at radius 1 is 1.33 bits per heavy atom. The molecule has 1 fully saturated rings. The summed E-state index contributed by atoms with van der Waals surface area (Å²) in [6, 6.07) is 0.551. The molecule has 102 valence electrons. The molecule has 0 aromatic carbocycles. The van der Waals surface area contributed by atoms with Crippen molar-refractivity contribution >= 4 is 5.96 Å². The third-order valence-electron chi connectivity index (χ3n) is 3.73. The molecule has 1 aliphatic rings. The molecule has 2 N–H and O–H groups in total. The van der Waals surface area contributed by atoms with Crippen molar-refractivity contribution in [2.24, 2.45) is 16.8 Å². The van der Waals surface area contributed by atoms with E-state index in [0.717, 1.165) is 24.3 Å². The highest BCUT2D eigenvalue weighted by Crippen LogP contribution is 2.29. The Morgan fingerprint density at radius 2 is 2.00 bits per heavy atom. The molecule has 0 aromatic heterocycles. The maximum atomic E-state index is 5.24. The molecule has 0 aliphatic heterocycles. The molecule has 18 heavy (non-hydrogen) atoms. The van der Waals surface area contributed by atoms with Gasteiger partial charge < -0.3 is 10.6 Å². The monoisotopic (exact) mass is 249 g/mol. The fourth-order valence-electron chi connectivity index (χ4n) is 2.57. The minimum Gasteiger partial charge on any atom is -0.357 e. The van der Waals surface area contributed by atoms with Gasteiger partial charge in [0.05, 0.1) is 0 Å². The van der Waals surface area contributed by atoms with E-state index >= 15 is 0 Å². The van der Waals surface area contributed by atoms with Crippen molar-refractivity contribution in [1.82, 2.24) is 10.6 Å². The van der Waals surface area contributed by atoms with Crippen molar-refractivity contribution < 1.29 is 0 Å². The van der Waals surface area contributed by atoms with E-state index in [1.807, 2.05) is 0 Å². The number of nitrogens with zero attached hydrogens (tertiary/aromatic N) is 1. The third-order valence-corrected chi connectivity index (χ3v) is 3.73. The van der Waals surface area contributed by atoms with E-state index in [1.165, 1.54) is 25.7 Å². The predicted octanol–water partition coefficient (Wildman–Crippen LogP) is 2.39. The van der Waals surface area contributed by atoms with Crippen LogP contribution in [0.5, 0.6) is 0 Å². The molecule has 1 saturated carbocycles. The second-order valence-electron chi connectivity index (χ2n) is 5.40. The van der Waals surface area contributed by atoms with Gasteiger partial charge in [0, 0.05) is 12.6 Å². The van der Waals surface area contributed by atoms with Gasteiger partial charge >= 0.3 is 0 Å². The summed E-state index contributed by atoms with van der Waals surface area (Å²) in [5.41, 5.74) is 0. The first-order valence-corrected chi connectivity index (χ1v) is 7.15. The van der Waals surface area contributed by atoms with Crippen LogP contribution in [-0.2, 0) is 0 Å². The zero-order valence-electron chi connectivity index (χ0n) is 12.0. The maximum Gasteiger partial charge on any atom is 0.192 e. The molecule has 0 amide bonds. The van der Waals surface area contributed by atoms with Crippen molar-refractivity contribution in [1.29, 1.82) is 0 Å². The number of hydrogen-bond donors (Lipinski definition) is 2. The van der Waals surface area contributed by atoms with Crippen molar-refractivity contribution in [3.8, 4) is 12.3 Å². The summed E-state index contributed by atoms with van der Waals surface area (Å²) < 4.78 is 0. The van der Waals surface area contributed by atoms with E-state index < -0.39 is 0 Å². The Morgan fingerprint density at radius 3 is 2.50 bits per heavy atom. The number of aliphatic imine (C=N–C) groups is 1. The Hall–Kier alpha value is -1.17. The minimum atomic E-state index is 0.441. The van der Waals surface area contributed by atoms with Crippen LogP contribution in [0.15, 0.2) is 4.99 Å². The van der Waals surface area contributed by atoms with Crippen LogP contribution < -0.4 is 10.6 Å². The third kappa shape index (κ3) is 5.00. The van der Waals surface area contributed by atoms with Crippen LogP contribution in [0.25, 0.3) is 0 Å². The quantitative estimate of drug-likeness (QED) is 0.456. The first-order valence-electron chi connectivity index (χ1n) is 7.15. The predicted molar refractivity (Wildman–Crippen MR) is 78.5 cm³/mol. The molecule has 0 bridgehead atoms.